The Bertz CT molecular complexity index is 1110. The molecule has 0 radical (unpaired) electrons. The van der Waals surface area contributed by atoms with E-state index in [1.165, 1.54) is 21.9 Å². The van der Waals surface area contributed by atoms with E-state index in [1.54, 1.807) is 11.8 Å². The number of aryl methyl sites for hydroxylation is 1. The molecule has 0 saturated carbocycles. The second-order valence-corrected chi connectivity index (χ2v) is 11.4. The molecule has 0 aliphatic carbocycles. The first-order valence-electron chi connectivity index (χ1n) is 9.82. The quantitative estimate of drug-likeness (QED) is 0.662. The first-order valence-corrected chi connectivity index (χ1v) is 13.9. The Morgan fingerprint density at radius 3 is 2.53 bits per heavy atom. The lowest BCUT2D eigenvalue weighted by atomic mass is 9.98. The first-order chi connectivity index (χ1) is 14.4. The second kappa shape index (κ2) is 8.89. The van der Waals surface area contributed by atoms with Crippen molar-refractivity contribution >= 4 is 49.2 Å². The number of ether oxygens (including phenoxy) is 2. The molecule has 0 bridgehead atoms. The molecule has 0 spiro atoms. The number of carbonyl (C=O) groups excluding carboxylic acids is 1. The number of amides is 1. The molecule has 4 rings (SSSR count). The maximum absolute atomic E-state index is 12.9. The molecule has 1 aromatic heterocycles. The number of aromatic nitrogens is 1. The van der Waals surface area contributed by atoms with Crippen LogP contribution in [0.2, 0.25) is 0 Å². The van der Waals surface area contributed by atoms with Gasteiger partial charge in [0.05, 0.1) is 16.5 Å². The summed E-state index contributed by atoms with van der Waals surface area (Å²) >= 11 is 3.20. The van der Waals surface area contributed by atoms with Gasteiger partial charge in [0.1, 0.15) is 13.2 Å². The lowest BCUT2D eigenvalue weighted by Crippen LogP contribution is -2.39. The summed E-state index contributed by atoms with van der Waals surface area (Å²) in [6.45, 7) is 2.52. The molecule has 2 aromatic rings. The molecule has 164 valence electrons. The molecule has 1 saturated heterocycles. The van der Waals surface area contributed by atoms with Crippen LogP contribution in [-0.2, 0) is 21.4 Å². The van der Waals surface area contributed by atoms with Gasteiger partial charge >= 0.3 is 0 Å². The van der Waals surface area contributed by atoms with Crippen LogP contribution in [0.1, 0.15) is 12.8 Å². The lowest BCUT2D eigenvalue weighted by molar-refractivity contribution is -0.122. The number of rotatable bonds is 5. The van der Waals surface area contributed by atoms with Gasteiger partial charge in [-0.1, -0.05) is 11.3 Å². The van der Waals surface area contributed by atoms with Crippen LogP contribution in [0.3, 0.4) is 0 Å². The van der Waals surface area contributed by atoms with Crippen LogP contribution in [0.25, 0.3) is 10.2 Å². The molecule has 0 unspecified atom stereocenters. The zero-order valence-corrected chi connectivity index (χ0v) is 19.4. The molecule has 30 heavy (non-hydrogen) atoms. The van der Waals surface area contributed by atoms with Gasteiger partial charge in [-0.05, 0) is 19.1 Å². The zero-order chi connectivity index (χ0) is 21.3. The average molecular weight is 472 g/mol. The van der Waals surface area contributed by atoms with E-state index in [1.807, 2.05) is 18.4 Å². The number of benzene rings is 1. The van der Waals surface area contributed by atoms with Crippen molar-refractivity contribution in [2.45, 2.75) is 19.4 Å². The van der Waals surface area contributed by atoms with Gasteiger partial charge in [0.15, 0.2) is 16.3 Å². The van der Waals surface area contributed by atoms with Crippen molar-refractivity contribution in [1.29, 1.82) is 0 Å². The van der Waals surface area contributed by atoms with E-state index >= 15 is 0 Å². The maximum atomic E-state index is 12.9. The summed E-state index contributed by atoms with van der Waals surface area (Å²) in [5.74, 6) is 1.91. The minimum absolute atomic E-state index is 0.176. The van der Waals surface area contributed by atoms with Gasteiger partial charge in [-0.25, -0.2) is 12.7 Å². The average Bonchev–Trinajstić information content (AvgIpc) is 3.05. The van der Waals surface area contributed by atoms with E-state index in [2.05, 4.69) is 9.56 Å². The summed E-state index contributed by atoms with van der Waals surface area (Å²) in [4.78, 5) is 18.0. The fourth-order valence-electron chi connectivity index (χ4n) is 3.71. The van der Waals surface area contributed by atoms with Gasteiger partial charge in [-0.15, -0.1) is 0 Å². The Labute approximate surface area is 183 Å². The van der Waals surface area contributed by atoms with Gasteiger partial charge < -0.3 is 14.0 Å². The van der Waals surface area contributed by atoms with Gasteiger partial charge in [0.25, 0.3) is 5.91 Å². The Balaban J connectivity index is 1.65. The van der Waals surface area contributed by atoms with Crippen molar-refractivity contribution in [3.05, 3.63) is 16.9 Å². The number of piperidine rings is 1. The van der Waals surface area contributed by atoms with Gasteiger partial charge in [0.2, 0.25) is 10.0 Å². The monoisotopic (exact) mass is 471 g/mol. The van der Waals surface area contributed by atoms with Crippen LogP contribution in [0.15, 0.2) is 17.1 Å². The molecular weight excluding hydrogens is 446 g/mol. The van der Waals surface area contributed by atoms with Crippen molar-refractivity contribution < 1.29 is 22.7 Å². The molecule has 1 aromatic carbocycles. The summed E-state index contributed by atoms with van der Waals surface area (Å²) in [6.07, 6.45) is 4.26. The maximum Gasteiger partial charge on any atom is 0.251 e. The highest BCUT2D eigenvalue weighted by molar-refractivity contribution is 7.98. The minimum Gasteiger partial charge on any atom is -0.486 e. The van der Waals surface area contributed by atoms with E-state index in [9.17, 15) is 13.2 Å². The first kappa shape index (κ1) is 21.7. The van der Waals surface area contributed by atoms with Gasteiger partial charge in [-0.2, -0.15) is 16.8 Å². The van der Waals surface area contributed by atoms with Crippen LogP contribution in [-0.4, -0.2) is 67.8 Å². The number of fused-ring (bicyclic) bond motifs is 2. The molecule has 1 fully saturated rings. The summed E-state index contributed by atoms with van der Waals surface area (Å²) in [7, 11) is -3.21. The molecule has 0 N–H and O–H groups in total. The van der Waals surface area contributed by atoms with E-state index in [4.69, 9.17) is 9.47 Å². The van der Waals surface area contributed by atoms with Crippen molar-refractivity contribution in [3.8, 4) is 11.5 Å². The predicted molar refractivity (Wildman–Crippen MR) is 119 cm³/mol. The number of thioether (sulfide) groups is 1. The Hall–Kier alpha value is -1.56. The third-order valence-electron chi connectivity index (χ3n) is 5.34. The molecule has 8 nitrogen and oxygen atoms in total. The highest BCUT2D eigenvalue weighted by atomic mass is 32.2. The minimum atomic E-state index is -3.21. The van der Waals surface area contributed by atoms with Crippen molar-refractivity contribution in [2.24, 2.45) is 10.9 Å². The van der Waals surface area contributed by atoms with Gasteiger partial charge in [-0.3, -0.25) is 4.79 Å². The normalized spacial score (nSPS) is 18.8. The number of nitrogens with zero attached hydrogens (tertiary/aromatic N) is 3. The summed E-state index contributed by atoms with van der Waals surface area (Å²) in [5, 5.41) is 0. The summed E-state index contributed by atoms with van der Waals surface area (Å²) < 4.78 is 39.3. The van der Waals surface area contributed by atoms with Crippen LogP contribution in [0.4, 0.5) is 0 Å². The van der Waals surface area contributed by atoms with Crippen LogP contribution < -0.4 is 14.3 Å². The Morgan fingerprint density at radius 2 is 1.90 bits per heavy atom. The third kappa shape index (κ3) is 4.53. The van der Waals surface area contributed by atoms with Crippen LogP contribution >= 0.6 is 23.1 Å². The summed E-state index contributed by atoms with van der Waals surface area (Å²) in [6, 6.07) is 3.92. The standard InChI is InChI=1S/C19H25N3O5S3/c1-28-10-7-22-14-11-15-16(27-9-8-26-15)12-17(14)29-19(22)20-18(23)13-3-5-21(6-4-13)30(2,24)25/h11-13H,3-10H2,1-2H3. The molecule has 3 heterocycles. The second-order valence-electron chi connectivity index (χ2n) is 7.38. The lowest BCUT2D eigenvalue weighted by Gasteiger charge is -2.28. The van der Waals surface area contributed by atoms with E-state index in [0.29, 0.717) is 43.9 Å². The number of hydrogen-bond acceptors (Lipinski definition) is 7. The molecular formula is C19H25N3O5S3. The predicted octanol–water partition coefficient (Wildman–Crippen LogP) is 1.94. The number of sulfonamides is 1. The smallest absolute Gasteiger partial charge is 0.251 e. The van der Waals surface area contributed by atoms with Crippen molar-refractivity contribution in [2.75, 3.05) is 44.6 Å². The Morgan fingerprint density at radius 1 is 1.23 bits per heavy atom. The largest absolute Gasteiger partial charge is 0.486 e. The fourth-order valence-corrected chi connectivity index (χ4v) is 6.02. The summed E-state index contributed by atoms with van der Waals surface area (Å²) in [5.41, 5.74) is 0.983. The molecule has 1 amide bonds. The van der Waals surface area contributed by atoms with E-state index in [-0.39, 0.29) is 11.8 Å². The fraction of sp³-hybridized carbons (Fsp3) is 0.579. The third-order valence-corrected chi connectivity index (χ3v) is 8.28. The van der Waals surface area contributed by atoms with Crippen molar-refractivity contribution in [3.63, 3.8) is 0 Å². The van der Waals surface area contributed by atoms with Crippen LogP contribution in [0, 0.1) is 5.92 Å². The molecule has 0 atom stereocenters. The topological polar surface area (TPSA) is 90.2 Å². The van der Waals surface area contributed by atoms with E-state index < -0.39 is 10.0 Å². The van der Waals surface area contributed by atoms with Crippen LogP contribution in [0.5, 0.6) is 11.5 Å². The molecule has 2 aliphatic rings. The SMILES string of the molecule is CSCCn1c(=NC(=O)C2CCN(S(C)(=O)=O)CC2)sc2cc3c(cc21)OCCO3. The van der Waals surface area contributed by atoms with E-state index in [0.717, 1.165) is 34.0 Å². The number of carbonyl (C=O) groups is 1. The molecule has 2 aliphatic heterocycles. The van der Waals surface area contributed by atoms with Gasteiger partial charge in [0, 0.05) is 43.4 Å². The van der Waals surface area contributed by atoms with Crippen molar-refractivity contribution in [1.82, 2.24) is 8.87 Å². The highest BCUT2D eigenvalue weighted by Gasteiger charge is 2.29. The Kier molecular flexibility index (Phi) is 6.42. The molecule has 11 heteroatoms. The number of hydrogen-bond donors (Lipinski definition) is 0. The number of thiazole rings is 1. The zero-order valence-electron chi connectivity index (χ0n) is 17.0. The highest BCUT2D eigenvalue weighted by Crippen LogP contribution is 2.35.